The van der Waals surface area contributed by atoms with Gasteiger partial charge in [0.05, 0.1) is 38.8 Å². The van der Waals surface area contributed by atoms with Crippen LogP contribution in [0.15, 0.2) is 42.6 Å². The van der Waals surface area contributed by atoms with Crippen LogP contribution in [0.4, 0.5) is 13.2 Å². The van der Waals surface area contributed by atoms with Crippen LogP contribution in [-0.4, -0.2) is 36.3 Å². The summed E-state index contributed by atoms with van der Waals surface area (Å²) in [5.74, 6) is 1.32. The molecule has 0 atom stereocenters. The zero-order valence-corrected chi connectivity index (χ0v) is 14.7. The number of aromatic nitrogens is 3. The summed E-state index contributed by atoms with van der Waals surface area (Å²) in [6.45, 7) is 0. The van der Waals surface area contributed by atoms with Gasteiger partial charge in [0.2, 0.25) is 5.75 Å². The number of alkyl halides is 3. The number of rotatable bonds is 5. The third-order valence-electron chi connectivity index (χ3n) is 3.92. The molecular weight excluding hydrogens is 363 g/mol. The second kappa shape index (κ2) is 7.18. The molecule has 6 nitrogen and oxygen atoms in total. The molecule has 0 saturated heterocycles. The maximum Gasteiger partial charge on any atom is 0.416 e. The molecule has 3 rings (SSSR count). The number of hydrogen-bond donors (Lipinski definition) is 0. The van der Waals surface area contributed by atoms with Crippen LogP contribution in [-0.2, 0) is 6.18 Å². The van der Waals surface area contributed by atoms with E-state index in [4.69, 9.17) is 14.2 Å². The maximum absolute atomic E-state index is 12.7. The van der Waals surface area contributed by atoms with Crippen molar-refractivity contribution < 1.29 is 27.4 Å². The minimum Gasteiger partial charge on any atom is -0.493 e. The predicted octanol–water partition coefficient (Wildman–Crippen LogP) is 3.98. The zero-order chi connectivity index (χ0) is 19.6. The third-order valence-corrected chi connectivity index (χ3v) is 3.92. The smallest absolute Gasteiger partial charge is 0.416 e. The fourth-order valence-electron chi connectivity index (χ4n) is 2.55. The van der Waals surface area contributed by atoms with E-state index in [2.05, 4.69) is 10.3 Å². The topological polar surface area (TPSA) is 58.4 Å². The monoisotopic (exact) mass is 379 g/mol. The Morgan fingerprint density at radius 1 is 0.889 bits per heavy atom. The lowest BCUT2D eigenvalue weighted by molar-refractivity contribution is -0.137. The van der Waals surface area contributed by atoms with Gasteiger partial charge >= 0.3 is 6.18 Å². The minimum absolute atomic E-state index is 0.428. The van der Waals surface area contributed by atoms with Crippen LogP contribution in [0, 0.1) is 0 Å². The Bertz CT molecular complexity index is 912. The van der Waals surface area contributed by atoms with Gasteiger partial charge in [0, 0.05) is 17.7 Å². The molecule has 2 aromatic carbocycles. The Labute approximate surface area is 153 Å². The van der Waals surface area contributed by atoms with Gasteiger partial charge in [-0.1, -0.05) is 17.3 Å². The molecule has 0 N–H and O–H groups in total. The Morgan fingerprint density at radius 2 is 1.48 bits per heavy atom. The van der Waals surface area contributed by atoms with Crippen LogP contribution in [0.2, 0.25) is 0 Å². The first-order valence-electron chi connectivity index (χ1n) is 7.77. The van der Waals surface area contributed by atoms with Crippen molar-refractivity contribution in [2.24, 2.45) is 0 Å². The Kier molecular flexibility index (Phi) is 4.93. The average molecular weight is 379 g/mol. The van der Waals surface area contributed by atoms with Crippen molar-refractivity contribution >= 4 is 0 Å². The quantitative estimate of drug-likeness (QED) is 0.671. The number of nitrogens with zero attached hydrogens (tertiary/aromatic N) is 3. The van der Waals surface area contributed by atoms with Gasteiger partial charge in [0.1, 0.15) is 5.69 Å². The molecule has 0 aliphatic rings. The molecule has 0 saturated carbocycles. The van der Waals surface area contributed by atoms with E-state index in [0.717, 1.165) is 12.1 Å². The van der Waals surface area contributed by atoms with E-state index in [0.29, 0.717) is 34.2 Å². The summed E-state index contributed by atoms with van der Waals surface area (Å²) in [7, 11) is 4.49. The molecule has 0 aliphatic carbocycles. The van der Waals surface area contributed by atoms with Crippen molar-refractivity contribution in [3.05, 3.63) is 48.2 Å². The lowest BCUT2D eigenvalue weighted by Gasteiger charge is -2.13. The first kappa shape index (κ1) is 18.6. The largest absolute Gasteiger partial charge is 0.493 e. The van der Waals surface area contributed by atoms with Crippen LogP contribution >= 0.6 is 0 Å². The molecule has 1 aromatic heterocycles. The summed E-state index contributed by atoms with van der Waals surface area (Å²) < 4.78 is 55.4. The summed E-state index contributed by atoms with van der Waals surface area (Å²) in [6, 6.07) is 8.10. The normalized spacial score (nSPS) is 11.3. The van der Waals surface area contributed by atoms with E-state index in [-0.39, 0.29) is 0 Å². The summed E-state index contributed by atoms with van der Waals surface area (Å²) >= 11 is 0. The summed E-state index contributed by atoms with van der Waals surface area (Å²) in [5.41, 5.74) is 0.817. The van der Waals surface area contributed by atoms with E-state index < -0.39 is 11.7 Å². The highest BCUT2D eigenvalue weighted by Gasteiger charge is 2.30. The van der Waals surface area contributed by atoms with Crippen molar-refractivity contribution in [2.75, 3.05) is 21.3 Å². The molecule has 1 heterocycles. The Hall–Kier alpha value is -3.23. The SMILES string of the molecule is COc1cc(-n2cc(-c3ccc(C(F)(F)F)cc3)nn2)cc(OC)c1OC. The van der Waals surface area contributed by atoms with Crippen LogP contribution < -0.4 is 14.2 Å². The second-order valence-corrected chi connectivity index (χ2v) is 5.51. The summed E-state index contributed by atoms with van der Waals surface area (Å²) in [6.07, 6.45) is -2.78. The van der Waals surface area contributed by atoms with Gasteiger partial charge < -0.3 is 14.2 Å². The molecule has 27 heavy (non-hydrogen) atoms. The molecule has 0 radical (unpaired) electrons. The van der Waals surface area contributed by atoms with Crippen LogP contribution in [0.5, 0.6) is 17.2 Å². The lowest BCUT2D eigenvalue weighted by Crippen LogP contribution is -2.03. The van der Waals surface area contributed by atoms with Crippen LogP contribution in [0.1, 0.15) is 5.56 Å². The molecule has 9 heteroatoms. The van der Waals surface area contributed by atoms with Gasteiger partial charge in [-0.2, -0.15) is 13.2 Å². The molecular formula is C18H16F3N3O3. The zero-order valence-electron chi connectivity index (χ0n) is 14.7. The number of ether oxygens (including phenoxy) is 3. The molecule has 0 fully saturated rings. The van der Waals surface area contributed by atoms with Crippen molar-refractivity contribution in [1.29, 1.82) is 0 Å². The van der Waals surface area contributed by atoms with Crippen molar-refractivity contribution in [2.45, 2.75) is 6.18 Å². The molecule has 0 unspecified atom stereocenters. The van der Waals surface area contributed by atoms with Gasteiger partial charge in [0.15, 0.2) is 11.5 Å². The second-order valence-electron chi connectivity index (χ2n) is 5.51. The lowest BCUT2D eigenvalue weighted by atomic mass is 10.1. The minimum atomic E-state index is -4.38. The van der Waals surface area contributed by atoms with Gasteiger partial charge in [-0.3, -0.25) is 0 Å². The standard InChI is InChI=1S/C18H16F3N3O3/c1-25-15-8-13(9-16(26-2)17(15)27-3)24-10-14(22-23-24)11-4-6-12(7-5-11)18(19,20)21/h4-10H,1-3H3. The molecule has 142 valence electrons. The van der Waals surface area contributed by atoms with Crippen LogP contribution in [0.3, 0.4) is 0 Å². The molecule has 0 aliphatic heterocycles. The molecule has 0 amide bonds. The van der Waals surface area contributed by atoms with Crippen molar-refractivity contribution in [3.63, 3.8) is 0 Å². The van der Waals surface area contributed by atoms with E-state index in [1.165, 1.54) is 38.1 Å². The van der Waals surface area contributed by atoms with Crippen molar-refractivity contribution in [3.8, 4) is 34.2 Å². The predicted molar refractivity (Wildman–Crippen MR) is 91.5 cm³/mol. The van der Waals surface area contributed by atoms with Gasteiger partial charge in [-0.05, 0) is 12.1 Å². The highest BCUT2D eigenvalue weighted by Crippen LogP contribution is 2.39. The van der Waals surface area contributed by atoms with Crippen molar-refractivity contribution in [1.82, 2.24) is 15.0 Å². The fourth-order valence-corrected chi connectivity index (χ4v) is 2.55. The van der Waals surface area contributed by atoms with E-state index in [1.54, 1.807) is 18.3 Å². The number of benzene rings is 2. The van der Waals surface area contributed by atoms with Gasteiger partial charge in [0.25, 0.3) is 0 Å². The van der Waals surface area contributed by atoms with Gasteiger partial charge in [-0.25, -0.2) is 4.68 Å². The third kappa shape index (κ3) is 3.67. The van der Waals surface area contributed by atoms with E-state index >= 15 is 0 Å². The van der Waals surface area contributed by atoms with E-state index in [9.17, 15) is 13.2 Å². The maximum atomic E-state index is 12.7. The van der Waals surface area contributed by atoms with E-state index in [1.807, 2.05) is 0 Å². The molecule has 0 bridgehead atoms. The number of hydrogen-bond acceptors (Lipinski definition) is 5. The highest BCUT2D eigenvalue weighted by atomic mass is 19.4. The average Bonchev–Trinajstić information content (AvgIpc) is 3.16. The number of halogens is 3. The van der Waals surface area contributed by atoms with Gasteiger partial charge in [-0.15, -0.1) is 5.10 Å². The summed E-state index contributed by atoms with van der Waals surface area (Å²) in [4.78, 5) is 0. The Morgan fingerprint density at radius 3 is 1.96 bits per heavy atom. The fraction of sp³-hybridized carbons (Fsp3) is 0.222. The Balaban J connectivity index is 1.96. The number of methoxy groups -OCH3 is 3. The first-order chi connectivity index (χ1) is 12.9. The molecule has 3 aromatic rings. The summed E-state index contributed by atoms with van der Waals surface area (Å²) in [5, 5.41) is 8.06. The van der Waals surface area contributed by atoms with Crippen LogP contribution in [0.25, 0.3) is 16.9 Å². The molecule has 0 spiro atoms. The highest BCUT2D eigenvalue weighted by molar-refractivity contribution is 5.61. The first-order valence-corrected chi connectivity index (χ1v) is 7.77.